The van der Waals surface area contributed by atoms with Gasteiger partial charge in [0.2, 0.25) is 15.9 Å². The molecule has 1 amide bonds. The van der Waals surface area contributed by atoms with Crippen LogP contribution in [0.3, 0.4) is 0 Å². The molecule has 3 rings (SSSR count). The number of hydrogen-bond donors (Lipinski definition) is 1. The maximum absolute atomic E-state index is 12.9. The van der Waals surface area contributed by atoms with Crippen molar-refractivity contribution in [2.75, 3.05) is 30.3 Å². The number of nitrogens with one attached hydrogen (secondary N) is 1. The molecule has 7 nitrogen and oxygen atoms in total. The van der Waals surface area contributed by atoms with Gasteiger partial charge in [0.25, 0.3) is 0 Å². The first-order valence-corrected chi connectivity index (χ1v) is 12.8. The van der Waals surface area contributed by atoms with E-state index >= 15 is 0 Å². The van der Waals surface area contributed by atoms with Gasteiger partial charge in [0.15, 0.2) is 0 Å². The van der Waals surface area contributed by atoms with Crippen LogP contribution in [0, 0.1) is 0 Å². The molecule has 0 aromatic heterocycles. The van der Waals surface area contributed by atoms with Gasteiger partial charge in [-0.25, -0.2) is 8.42 Å². The number of carbonyl (C=O) groups is 1. The van der Waals surface area contributed by atoms with E-state index in [1.54, 1.807) is 31.2 Å². The predicted molar refractivity (Wildman–Crippen MR) is 131 cm³/mol. The van der Waals surface area contributed by atoms with E-state index in [9.17, 15) is 13.2 Å². The fourth-order valence-corrected chi connectivity index (χ4v) is 4.90. The Balaban J connectivity index is 1.66. The van der Waals surface area contributed by atoms with Gasteiger partial charge in [-0.3, -0.25) is 9.10 Å². The zero-order valence-corrected chi connectivity index (χ0v) is 20.0. The second kappa shape index (κ2) is 11.0. The summed E-state index contributed by atoms with van der Waals surface area (Å²) >= 11 is 0. The Morgan fingerprint density at radius 1 is 0.970 bits per heavy atom. The van der Waals surface area contributed by atoms with Crippen LogP contribution < -0.4 is 19.1 Å². The molecule has 0 saturated carbocycles. The average molecular weight is 471 g/mol. The van der Waals surface area contributed by atoms with Crippen molar-refractivity contribution in [3.8, 4) is 11.5 Å². The monoisotopic (exact) mass is 470 g/mol. The topological polar surface area (TPSA) is 84.9 Å². The van der Waals surface area contributed by atoms with Crippen LogP contribution in [0.15, 0.2) is 66.7 Å². The van der Waals surface area contributed by atoms with Crippen molar-refractivity contribution in [3.05, 3.63) is 66.7 Å². The summed E-state index contributed by atoms with van der Waals surface area (Å²) in [5.74, 6) is 0.998. The summed E-state index contributed by atoms with van der Waals surface area (Å²) < 4.78 is 37.6. The van der Waals surface area contributed by atoms with E-state index in [4.69, 9.17) is 9.47 Å². The molecule has 0 radical (unpaired) electrons. The lowest BCUT2D eigenvalue weighted by Crippen LogP contribution is -2.50. The lowest BCUT2D eigenvalue weighted by Gasteiger charge is -2.30. The Hall–Kier alpha value is -3.26. The summed E-state index contributed by atoms with van der Waals surface area (Å²) in [6.45, 7) is 4.68. The highest BCUT2D eigenvalue weighted by molar-refractivity contribution is 7.92. The van der Waals surface area contributed by atoms with Gasteiger partial charge in [-0.2, -0.15) is 0 Å². The van der Waals surface area contributed by atoms with Crippen molar-refractivity contribution in [1.82, 2.24) is 5.32 Å². The highest BCUT2D eigenvalue weighted by atomic mass is 32.2. The van der Waals surface area contributed by atoms with Crippen LogP contribution in [-0.2, 0) is 14.8 Å². The van der Waals surface area contributed by atoms with E-state index in [1.165, 1.54) is 0 Å². The van der Waals surface area contributed by atoms with Crippen molar-refractivity contribution in [2.24, 2.45) is 0 Å². The van der Waals surface area contributed by atoms with Gasteiger partial charge < -0.3 is 14.8 Å². The third-order valence-electron chi connectivity index (χ3n) is 5.14. The zero-order valence-electron chi connectivity index (χ0n) is 19.2. The van der Waals surface area contributed by atoms with Crippen molar-refractivity contribution in [3.63, 3.8) is 0 Å². The van der Waals surface area contributed by atoms with E-state index in [0.717, 1.165) is 27.1 Å². The van der Waals surface area contributed by atoms with Crippen LogP contribution in [0.4, 0.5) is 5.69 Å². The average Bonchev–Trinajstić information content (AvgIpc) is 2.80. The quantitative estimate of drug-likeness (QED) is 0.429. The molecule has 8 heteroatoms. The third kappa shape index (κ3) is 6.16. The second-order valence-corrected chi connectivity index (χ2v) is 9.39. The number of nitrogens with zero attached hydrogens (tertiary/aromatic N) is 1. The van der Waals surface area contributed by atoms with E-state index in [2.05, 4.69) is 5.32 Å². The van der Waals surface area contributed by atoms with Gasteiger partial charge in [0.1, 0.15) is 24.1 Å². The van der Waals surface area contributed by atoms with Crippen molar-refractivity contribution in [2.45, 2.75) is 26.3 Å². The minimum absolute atomic E-state index is 0.249. The summed E-state index contributed by atoms with van der Waals surface area (Å²) in [6.07, 6.45) is 1.42. The summed E-state index contributed by atoms with van der Waals surface area (Å²) in [5, 5.41) is 4.88. The number of anilines is 1. The van der Waals surface area contributed by atoms with Crippen LogP contribution in [-0.4, -0.2) is 46.4 Å². The lowest BCUT2D eigenvalue weighted by molar-refractivity contribution is -0.122. The molecular formula is C25H30N2O5S. The maximum Gasteiger partial charge on any atom is 0.244 e. The van der Waals surface area contributed by atoms with E-state index in [-0.39, 0.29) is 19.1 Å². The number of sulfonamides is 1. The predicted octanol–water partition coefficient (Wildman–Crippen LogP) is 3.98. The summed E-state index contributed by atoms with van der Waals surface area (Å²) in [5.41, 5.74) is 0.412. The molecule has 0 heterocycles. The Morgan fingerprint density at radius 3 is 2.33 bits per heavy atom. The SMILES string of the molecule is CCOc1ccc(N(C(CC)C(=O)NCCOc2cccc3ccccc23)S(C)(=O)=O)cc1. The maximum atomic E-state index is 12.9. The molecule has 0 saturated heterocycles. The van der Waals surface area contributed by atoms with Crippen LogP contribution in [0.25, 0.3) is 10.8 Å². The molecule has 0 aliphatic heterocycles. The lowest BCUT2D eigenvalue weighted by atomic mass is 10.1. The van der Waals surface area contributed by atoms with Crippen LogP contribution in [0.1, 0.15) is 20.3 Å². The molecule has 0 aliphatic rings. The van der Waals surface area contributed by atoms with Gasteiger partial charge in [0, 0.05) is 5.39 Å². The molecule has 176 valence electrons. The number of carbonyl (C=O) groups excluding carboxylic acids is 1. The summed E-state index contributed by atoms with van der Waals surface area (Å²) in [4.78, 5) is 12.9. The molecule has 33 heavy (non-hydrogen) atoms. The summed E-state index contributed by atoms with van der Waals surface area (Å²) in [7, 11) is -3.70. The molecule has 3 aromatic carbocycles. The Bertz CT molecular complexity index is 1170. The number of ether oxygens (including phenoxy) is 2. The molecule has 0 spiro atoms. The first-order valence-electron chi connectivity index (χ1n) is 11.0. The van der Waals surface area contributed by atoms with Gasteiger partial charge in [-0.05, 0) is 49.1 Å². The van der Waals surface area contributed by atoms with E-state index in [1.807, 2.05) is 49.4 Å². The Labute approximate surface area is 195 Å². The molecule has 3 aromatic rings. The fourth-order valence-electron chi connectivity index (χ4n) is 3.69. The first kappa shape index (κ1) is 24.4. The Kier molecular flexibility index (Phi) is 8.16. The molecule has 1 N–H and O–H groups in total. The molecule has 1 atom stereocenters. The number of benzene rings is 3. The second-order valence-electron chi connectivity index (χ2n) is 7.53. The van der Waals surface area contributed by atoms with E-state index in [0.29, 0.717) is 24.5 Å². The third-order valence-corrected chi connectivity index (χ3v) is 6.32. The first-order chi connectivity index (χ1) is 15.8. The summed E-state index contributed by atoms with van der Waals surface area (Å²) in [6, 6.07) is 19.5. The molecular weight excluding hydrogens is 440 g/mol. The fraction of sp³-hybridized carbons (Fsp3) is 0.320. The number of hydrogen-bond acceptors (Lipinski definition) is 5. The number of rotatable bonds is 11. The Morgan fingerprint density at radius 2 is 1.67 bits per heavy atom. The van der Waals surface area contributed by atoms with Crippen LogP contribution in [0.2, 0.25) is 0 Å². The van der Waals surface area contributed by atoms with Gasteiger partial charge >= 0.3 is 0 Å². The smallest absolute Gasteiger partial charge is 0.244 e. The number of fused-ring (bicyclic) bond motifs is 1. The molecule has 1 unspecified atom stereocenters. The van der Waals surface area contributed by atoms with E-state index < -0.39 is 16.1 Å². The minimum atomic E-state index is -3.70. The molecule has 0 fully saturated rings. The standard InChI is InChI=1S/C25H30N2O5S/c1-4-23(27(33(3,29)30)20-13-15-21(16-14-20)31-5-2)25(28)26-17-18-32-24-12-8-10-19-9-6-7-11-22(19)24/h6-16,23H,4-5,17-18H2,1-3H3,(H,26,28). The van der Waals surface area contributed by atoms with Gasteiger partial charge in [-0.15, -0.1) is 0 Å². The largest absolute Gasteiger partial charge is 0.494 e. The minimum Gasteiger partial charge on any atom is -0.494 e. The molecule has 0 bridgehead atoms. The van der Waals surface area contributed by atoms with Crippen LogP contribution >= 0.6 is 0 Å². The number of amides is 1. The highest BCUT2D eigenvalue weighted by Gasteiger charge is 2.31. The normalized spacial score (nSPS) is 12.2. The van der Waals surface area contributed by atoms with Gasteiger partial charge in [0.05, 0.1) is 25.1 Å². The zero-order chi connectivity index (χ0) is 23.8. The molecule has 0 aliphatic carbocycles. The van der Waals surface area contributed by atoms with Crippen molar-refractivity contribution < 1.29 is 22.7 Å². The van der Waals surface area contributed by atoms with Gasteiger partial charge in [-0.1, -0.05) is 43.3 Å². The van der Waals surface area contributed by atoms with Crippen molar-refractivity contribution in [1.29, 1.82) is 0 Å². The highest BCUT2D eigenvalue weighted by Crippen LogP contribution is 2.26. The van der Waals surface area contributed by atoms with Crippen LogP contribution in [0.5, 0.6) is 11.5 Å². The van der Waals surface area contributed by atoms with Crippen molar-refractivity contribution >= 4 is 32.4 Å².